The standard InChI is InChI=1S/C21H30N2O3S/c1-2-19(24)18-14-27-15-23(18)21(26)17-10-6-7-13-22(17)20(25)12-11-16-8-4-3-5-9-16/h3-5,8-9,17-19,24H,2,6-7,10-15H2,1H3/t17?,18-,19-/m0/s1. The number of carbonyl (C=O) groups is 2. The van der Waals surface area contributed by atoms with E-state index in [-0.39, 0.29) is 23.9 Å². The third-order valence-corrected chi connectivity index (χ3v) is 6.68. The van der Waals surface area contributed by atoms with Gasteiger partial charge in [-0.05, 0) is 37.7 Å². The van der Waals surface area contributed by atoms with Gasteiger partial charge in [-0.25, -0.2) is 0 Å². The predicted molar refractivity (Wildman–Crippen MR) is 108 cm³/mol. The molecule has 2 fully saturated rings. The van der Waals surface area contributed by atoms with Crippen molar-refractivity contribution in [2.24, 2.45) is 0 Å². The van der Waals surface area contributed by atoms with Gasteiger partial charge in [0.25, 0.3) is 0 Å². The molecule has 6 heteroatoms. The highest BCUT2D eigenvalue weighted by Gasteiger charge is 2.40. The second-order valence-corrected chi connectivity index (χ2v) is 8.43. The first kappa shape index (κ1) is 20.2. The van der Waals surface area contributed by atoms with Crippen molar-refractivity contribution < 1.29 is 14.7 Å². The Morgan fingerprint density at radius 2 is 2.00 bits per heavy atom. The summed E-state index contributed by atoms with van der Waals surface area (Å²) in [5, 5.41) is 10.3. The Labute approximate surface area is 166 Å². The Hall–Kier alpha value is -1.53. The molecule has 2 heterocycles. The molecule has 2 aliphatic rings. The van der Waals surface area contributed by atoms with Gasteiger partial charge in [-0.2, -0.15) is 0 Å². The summed E-state index contributed by atoms with van der Waals surface area (Å²) in [6.07, 6.45) is 3.94. The van der Waals surface area contributed by atoms with Crippen LogP contribution in [0.4, 0.5) is 0 Å². The molecule has 1 N–H and O–H groups in total. The van der Waals surface area contributed by atoms with Gasteiger partial charge < -0.3 is 14.9 Å². The number of aliphatic hydroxyl groups excluding tert-OH is 1. The van der Waals surface area contributed by atoms with E-state index < -0.39 is 6.10 Å². The molecule has 2 amide bonds. The normalized spacial score (nSPS) is 24.1. The van der Waals surface area contributed by atoms with E-state index in [2.05, 4.69) is 0 Å². The fourth-order valence-electron chi connectivity index (χ4n) is 3.99. The van der Waals surface area contributed by atoms with Crippen molar-refractivity contribution in [1.29, 1.82) is 0 Å². The number of piperidine rings is 1. The molecule has 3 atom stereocenters. The van der Waals surface area contributed by atoms with Crippen molar-refractivity contribution in [3.63, 3.8) is 0 Å². The van der Waals surface area contributed by atoms with E-state index >= 15 is 0 Å². The number of amides is 2. The minimum Gasteiger partial charge on any atom is -0.391 e. The van der Waals surface area contributed by atoms with E-state index in [4.69, 9.17) is 0 Å². The number of likely N-dealkylation sites (tertiary alicyclic amines) is 1. The first-order chi connectivity index (χ1) is 13.1. The minimum absolute atomic E-state index is 0.0188. The number of benzene rings is 1. The van der Waals surface area contributed by atoms with Crippen molar-refractivity contribution in [3.05, 3.63) is 35.9 Å². The van der Waals surface area contributed by atoms with Crippen LogP contribution in [0.1, 0.15) is 44.6 Å². The van der Waals surface area contributed by atoms with E-state index in [1.54, 1.807) is 16.7 Å². The lowest BCUT2D eigenvalue weighted by molar-refractivity contribution is -0.149. The predicted octanol–water partition coefficient (Wildman–Crippen LogP) is 2.67. The lowest BCUT2D eigenvalue weighted by Crippen LogP contribution is -2.55. The second-order valence-electron chi connectivity index (χ2n) is 7.44. The zero-order chi connectivity index (χ0) is 19.2. The Bertz CT molecular complexity index is 640. The van der Waals surface area contributed by atoms with Crippen LogP contribution in [0, 0.1) is 0 Å². The molecule has 0 aliphatic carbocycles. The molecule has 0 spiro atoms. The van der Waals surface area contributed by atoms with Crippen LogP contribution in [-0.2, 0) is 16.0 Å². The highest BCUT2D eigenvalue weighted by molar-refractivity contribution is 7.99. The van der Waals surface area contributed by atoms with Crippen LogP contribution in [0.25, 0.3) is 0 Å². The van der Waals surface area contributed by atoms with Gasteiger partial charge in [-0.1, -0.05) is 37.3 Å². The van der Waals surface area contributed by atoms with Crippen LogP contribution in [0.2, 0.25) is 0 Å². The van der Waals surface area contributed by atoms with Gasteiger partial charge in [-0.15, -0.1) is 11.8 Å². The number of aliphatic hydroxyl groups is 1. The monoisotopic (exact) mass is 390 g/mol. The van der Waals surface area contributed by atoms with Crippen molar-refractivity contribution in [2.45, 2.75) is 63.6 Å². The summed E-state index contributed by atoms with van der Waals surface area (Å²) in [5.41, 5.74) is 1.15. The average molecular weight is 391 g/mol. The molecular formula is C21H30N2O3S. The molecule has 2 aliphatic heterocycles. The third-order valence-electron chi connectivity index (χ3n) is 5.64. The first-order valence-corrected chi connectivity index (χ1v) is 11.2. The van der Waals surface area contributed by atoms with E-state index in [1.807, 2.05) is 42.2 Å². The number of hydrogen-bond donors (Lipinski definition) is 1. The van der Waals surface area contributed by atoms with Crippen LogP contribution in [-0.4, -0.2) is 63.1 Å². The summed E-state index contributed by atoms with van der Waals surface area (Å²) < 4.78 is 0. The lowest BCUT2D eigenvalue weighted by Gasteiger charge is -2.38. The van der Waals surface area contributed by atoms with Gasteiger partial charge >= 0.3 is 0 Å². The summed E-state index contributed by atoms with van der Waals surface area (Å²) in [6.45, 7) is 2.60. The third kappa shape index (κ3) is 4.85. The quantitative estimate of drug-likeness (QED) is 0.811. The number of aryl methyl sites for hydroxylation is 1. The highest BCUT2D eigenvalue weighted by Crippen LogP contribution is 2.28. The zero-order valence-electron chi connectivity index (χ0n) is 16.0. The van der Waals surface area contributed by atoms with Gasteiger partial charge in [0.1, 0.15) is 6.04 Å². The molecule has 5 nitrogen and oxygen atoms in total. The molecule has 0 bridgehead atoms. The first-order valence-electron chi connectivity index (χ1n) is 10.0. The molecule has 0 aromatic heterocycles. The van der Waals surface area contributed by atoms with Crippen LogP contribution in [0.5, 0.6) is 0 Å². The van der Waals surface area contributed by atoms with Crippen LogP contribution in [0.15, 0.2) is 30.3 Å². The Balaban J connectivity index is 1.65. The largest absolute Gasteiger partial charge is 0.391 e. The van der Waals surface area contributed by atoms with Gasteiger partial charge in [0, 0.05) is 18.7 Å². The zero-order valence-corrected chi connectivity index (χ0v) is 16.9. The molecule has 148 valence electrons. The topological polar surface area (TPSA) is 60.9 Å². The average Bonchev–Trinajstić information content (AvgIpc) is 3.21. The SMILES string of the molecule is CC[C@H](O)[C@@H]1CSCN1C(=O)C1CCCCN1C(=O)CCc1ccccc1. The van der Waals surface area contributed by atoms with Crippen molar-refractivity contribution in [1.82, 2.24) is 9.80 Å². The summed E-state index contributed by atoms with van der Waals surface area (Å²) in [7, 11) is 0. The Morgan fingerprint density at radius 1 is 1.22 bits per heavy atom. The Kier molecular flexibility index (Phi) is 7.19. The number of thioether (sulfide) groups is 1. The van der Waals surface area contributed by atoms with E-state index in [1.165, 1.54) is 0 Å². The molecule has 1 unspecified atom stereocenters. The second kappa shape index (κ2) is 9.60. The maximum absolute atomic E-state index is 13.2. The smallest absolute Gasteiger partial charge is 0.246 e. The summed E-state index contributed by atoms with van der Waals surface area (Å²) in [5.74, 6) is 1.47. The van der Waals surface area contributed by atoms with Gasteiger partial charge in [0.05, 0.1) is 18.0 Å². The summed E-state index contributed by atoms with van der Waals surface area (Å²) >= 11 is 1.69. The van der Waals surface area contributed by atoms with Gasteiger partial charge in [0.15, 0.2) is 0 Å². The molecule has 0 radical (unpaired) electrons. The molecule has 2 saturated heterocycles. The lowest BCUT2D eigenvalue weighted by atomic mass is 9.98. The number of rotatable bonds is 6. The number of hydrogen-bond acceptors (Lipinski definition) is 4. The van der Waals surface area contributed by atoms with Crippen molar-refractivity contribution >= 4 is 23.6 Å². The summed E-state index contributed by atoms with van der Waals surface area (Å²) in [6, 6.07) is 9.51. The summed E-state index contributed by atoms with van der Waals surface area (Å²) in [4.78, 5) is 29.7. The van der Waals surface area contributed by atoms with Crippen molar-refractivity contribution in [2.75, 3.05) is 18.2 Å². The van der Waals surface area contributed by atoms with Crippen LogP contribution < -0.4 is 0 Å². The Morgan fingerprint density at radius 3 is 2.74 bits per heavy atom. The number of carbonyl (C=O) groups excluding carboxylic acids is 2. The molecule has 1 aromatic rings. The number of nitrogens with zero attached hydrogens (tertiary/aromatic N) is 2. The van der Waals surface area contributed by atoms with E-state index in [0.29, 0.717) is 31.7 Å². The van der Waals surface area contributed by atoms with Gasteiger partial charge in [0.2, 0.25) is 11.8 Å². The maximum atomic E-state index is 13.2. The van der Waals surface area contributed by atoms with E-state index in [9.17, 15) is 14.7 Å². The van der Waals surface area contributed by atoms with Crippen LogP contribution >= 0.6 is 11.8 Å². The van der Waals surface area contributed by atoms with Gasteiger partial charge in [-0.3, -0.25) is 9.59 Å². The molecular weight excluding hydrogens is 360 g/mol. The minimum atomic E-state index is -0.491. The highest BCUT2D eigenvalue weighted by atomic mass is 32.2. The molecule has 27 heavy (non-hydrogen) atoms. The van der Waals surface area contributed by atoms with E-state index in [0.717, 1.165) is 30.6 Å². The van der Waals surface area contributed by atoms with Crippen molar-refractivity contribution in [3.8, 4) is 0 Å². The fourth-order valence-corrected chi connectivity index (χ4v) is 5.26. The molecule has 0 saturated carbocycles. The molecule has 3 rings (SSSR count). The fraction of sp³-hybridized carbons (Fsp3) is 0.619. The maximum Gasteiger partial charge on any atom is 0.246 e. The molecule has 1 aromatic carbocycles. The van der Waals surface area contributed by atoms with Crippen LogP contribution in [0.3, 0.4) is 0 Å².